The molecule has 1 aliphatic heterocycles. The third-order valence-electron chi connectivity index (χ3n) is 3.17. The number of hydrogen-bond donors (Lipinski definition) is 0. The van der Waals surface area contributed by atoms with Gasteiger partial charge in [0.05, 0.1) is 26.4 Å². The summed E-state index contributed by atoms with van der Waals surface area (Å²) in [6.07, 6.45) is 0.829. The zero-order chi connectivity index (χ0) is 12.8. The van der Waals surface area contributed by atoms with E-state index in [1.807, 2.05) is 30.3 Å². The molecule has 1 heterocycles. The minimum atomic E-state index is -0.396. The summed E-state index contributed by atoms with van der Waals surface area (Å²) in [5, 5.41) is 0. The van der Waals surface area contributed by atoms with Crippen molar-refractivity contribution in [1.29, 1.82) is 0 Å². The molecule has 0 saturated carbocycles. The van der Waals surface area contributed by atoms with Gasteiger partial charge < -0.3 is 14.2 Å². The van der Waals surface area contributed by atoms with Crippen molar-refractivity contribution in [3.8, 4) is 0 Å². The smallest absolute Gasteiger partial charge is 0.114 e. The van der Waals surface area contributed by atoms with Gasteiger partial charge in [-0.1, -0.05) is 37.3 Å². The molecule has 0 bridgehead atoms. The Bertz CT molecular complexity index is 357. The lowest BCUT2D eigenvalue weighted by Crippen LogP contribution is -2.50. The summed E-state index contributed by atoms with van der Waals surface area (Å²) in [7, 11) is 5.77. The van der Waals surface area contributed by atoms with Crippen LogP contribution in [0.5, 0.6) is 0 Å². The molecule has 0 spiro atoms. The second-order valence-corrected chi connectivity index (χ2v) is 4.69. The molecule has 0 N–H and O–H groups in total. The van der Waals surface area contributed by atoms with Crippen LogP contribution in [-0.2, 0) is 20.8 Å². The molecular formula is C14H19BO3. The fraction of sp³-hybridized carbons (Fsp3) is 0.571. The standard InChI is InChI=1S/C14H19BO3/c1-2-14(11-17-9-13(15)18-14)10-16-8-12-6-4-3-5-7-12/h3-7,13H,2,8-11H2,1H3/t13-,14-/m1/s1. The first kappa shape index (κ1) is 13.6. The van der Waals surface area contributed by atoms with Gasteiger partial charge in [0, 0.05) is 6.00 Å². The van der Waals surface area contributed by atoms with Crippen LogP contribution in [0.3, 0.4) is 0 Å². The van der Waals surface area contributed by atoms with Crippen LogP contribution in [0, 0.1) is 0 Å². The fourth-order valence-electron chi connectivity index (χ4n) is 2.04. The minimum absolute atomic E-state index is 0.348. The molecule has 0 amide bonds. The van der Waals surface area contributed by atoms with Crippen molar-refractivity contribution in [2.24, 2.45) is 0 Å². The van der Waals surface area contributed by atoms with Crippen LogP contribution in [0.2, 0.25) is 0 Å². The van der Waals surface area contributed by atoms with E-state index in [9.17, 15) is 0 Å². The van der Waals surface area contributed by atoms with Gasteiger partial charge in [-0.25, -0.2) is 0 Å². The highest BCUT2D eigenvalue weighted by atomic mass is 16.6. The van der Waals surface area contributed by atoms with Crippen molar-refractivity contribution in [2.75, 3.05) is 19.8 Å². The average Bonchev–Trinajstić information content (AvgIpc) is 2.40. The van der Waals surface area contributed by atoms with E-state index in [0.29, 0.717) is 26.4 Å². The Hall–Kier alpha value is -0.835. The summed E-state index contributed by atoms with van der Waals surface area (Å²) in [6, 6.07) is 9.74. The minimum Gasteiger partial charge on any atom is -0.377 e. The summed E-state index contributed by atoms with van der Waals surface area (Å²) in [5.41, 5.74) is 0.761. The van der Waals surface area contributed by atoms with Crippen molar-refractivity contribution in [2.45, 2.75) is 31.6 Å². The van der Waals surface area contributed by atoms with E-state index in [-0.39, 0.29) is 6.00 Å². The van der Waals surface area contributed by atoms with E-state index in [4.69, 9.17) is 22.1 Å². The number of benzene rings is 1. The quantitative estimate of drug-likeness (QED) is 0.742. The van der Waals surface area contributed by atoms with Crippen LogP contribution in [0.15, 0.2) is 30.3 Å². The van der Waals surface area contributed by atoms with Crippen molar-refractivity contribution < 1.29 is 14.2 Å². The Balaban J connectivity index is 1.83. The van der Waals surface area contributed by atoms with Crippen molar-refractivity contribution in [3.63, 3.8) is 0 Å². The Morgan fingerprint density at radius 2 is 2.17 bits per heavy atom. The summed E-state index contributed by atoms with van der Waals surface area (Å²) in [5.74, 6) is 0. The fourth-order valence-corrected chi connectivity index (χ4v) is 2.04. The van der Waals surface area contributed by atoms with Gasteiger partial charge >= 0.3 is 0 Å². The van der Waals surface area contributed by atoms with Crippen molar-refractivity contribution in [3.05, 3.63) is 35.9 Å². The Morgan fingerprint density at radius 1 is 1.39 bits per heavy atom. The molecule has 2 rings (SSSR count). The van der Waals surface area contributed by atoms with Crippen LogP contribution < -0.4 is 0 Å². The third kappa shape index (κ3) is 3.58. The molecule has 0 aromatic heterocycles. The molecule has 18 heavy (non-hydrogen) atoms. The third-order valence-corrected chi connectivity index (χ3v) is 3.17. The second kappa shape index (κ2) is 6.37. The van der Waals surface area contributed by atoms with Gasteiger partial charge in [0.15, 0.2) is 0 Å². The average molecular weight is 246 g/mol. The number of rotatable bonds is 5. The zero-order valence-corrected chi connectivity index (χ0v) is 10.8. The van der Waals surface area contributed by atoms with Crippen molar-refractivity contribution in [1.82, 2.24) is 0 Å². The molecule has 1 aliphatic rings. The second-order valence-electron chi connectivity index (χ2n) is 4.69. The van der Waals surface area contributed by atoms with E-state index < -0.39 is 5.60 Å². The van der Waals surface area contributed by atoms with Crippen LogP contribution >= 0.6 is 0 Å². The molecule has 96 valence electrons. The van der Waals surface area contributed by atoms with Gasteiger partial charge in [0.25, 0.3) is 0 Å². The van der Waals surface area contributed by atoms with E-state index in [2.05, 4.69) is 6.92 Å². The van der Waals surface area contributed by atoms with Gasteiger partial charge in [-0.3, -0.25) is 0 Å². The van der Waals surface area contributed by atoms with E-state index in [0.717, 1.165) is 12.0 Å². The first-order valence-corrected chi connectivity index (χ1v) is 6.37. The van der Waals surface area contributed by atoms with Crippen LogP contribution in [-0.4, -0.2) is 39.3 Å². The molecule has 1 aromatic carbocycles. The lowest BCUT2D eigenvalue weighted by Gasteiger charge is -2.39. The summed E-state index contributed by atoms with van der Waals surface area (Å²) in [6.45, 7) is 4.16. The monoisotopic (exact) mass is 246 g/mol. The summed E-state index contributed by atoms with van der Waals surface area (Å²) < 4.78 is 17.0. The summed E-state index contributed by atoms with van der Waals surface area (Å²) in [4.78, 5) is 0. The maximum Gasteiger partial charge on any atom is 0.114 e. The number of ether oxygens (including phenoxy) is 3. The molecule has 3 nitrogen and oxygen atoms in total. The van der Waals surface area contributed by atoms with Gasteiger partial charge in [-0.05, 0) is 12.0 Å². The molecule has 1 saturated heterocycles. The topological polar surface area (TPSA) is 27.7 Å². The normalized spacial score (nSPS) is 28.2. The molecule has 1 aromatic rings. The molecule has 0 aliphatic carbocycles. The van der Waals surface area contributed by atoms with E-state index in [1.54, 1.807) is 0 Å². The lowest BCUT2D eigenvalue weighted by molar-refractivity contribution is -0.199. The number of hydrogen-bond acceptors (Lipinski definition) is 3. The molecular weight excluding hydrogens is 227 g/mol. The zero-order valence-electron chi connectivity index (χ0n) is 10.8. The SMILES string of the molecule is [B][C@H]1COC[C@@](CC)(COCc2ccccc2)O1. The summed E-state index contributed by atoms with van der Waals surface area (Å²) >= 11 is 0. The predicted molar refractivity (Wildman–Crippen MR) is 70.6 cm³/mol. The van der Waals surface area contributed by atoms with E-state index in [1.165, 1.54) is 0 Å². The molecule has 2 radical (unpaired) electrons. The highest BCUT2D eigenvalue weighted by Crippen LogP contribution is 2.23. The molecule has 2 atom stereocenters. The molecule has 4 heteroatoms. The molecule has 0 unspecified atom stereocenters. The van der Waals surface area contributed by atoms with Crippen LogP contribution in [0.1, 0.15) is 18.9 Å². The van der Waals surface area contributed by atoms with Gasteiger partial charge in [-0.15, -0.1) is 0 Å². The largest absolute Gasteiger partial charge is 0.377 e. The van der Waals surface area contributed by atoms with Crippen molar-refractivity contribution >= 4 is 7.85 Å². The Kier molecular flexibility index (Phi) is 4.81. The van der Waals surface area contributed by atoms with Gasteiger partial charge in [0.1, 0.15) is 13.4 Å². The Morgan fingerprint density at radius 3 is 2.83 bits per heavy atom. The predicted octanol–water partition coefficient (Wildman–Crippen LogP) is 1.89. The Labute approximate surface area is 110 Å². The first-order chi connectivity index (χ1) is 8.74. The molecule has 1 fully saturated rings. The van der Waals surface area contributed by atoms with E-state index >= 15 is 0 Å². The maximum atomic E-state index is 5.79. The maximum absolute atomic E-state index is 5.79. The van der Waals surface area contributed by atoms with Gasteiger partial charge in [-0.2, -0.15) is 0 Å². The van der Waals surface area contributed by atoms with Crippen LogP contribution in [0.25, 0.3) is 0 Å². The van der Waals surface area contributed by atoms with Gasteiger partial charge in [0.2, 0.25) is 0 Å². The highest BCUT2D eigenvalue weighted by molar-refractivity contribution is 6.11. The van der Waals surface area contributed by atoms with Crippen LogP contribution in [0.4, 0.5) is 0 Å². The lowest BCUT2D eigenvalue weighted by atomic mass is 9.95. The first-order valence-electron chi connectivity index (χ1n) is 6.37. The highest BCUT2D eigenvalue weighted by Gasteiger charge is 2.35.